The number of hydrogen-bond acceptors (Lipinski definition) is 2. The molecule has 0 aliphatic heterocycles. The van der Waals surface area contributed by atoms with Crippen LogP contribution in [0.4, 0.5) is 10.1 Å². The van der Waals surface area contributed by atoms with Gasteiger partial charge in [-0.15, -0.1) is 0 Å². The molecule has 0 saturated heterocycles. The number of ether oxygens (including phenoxy) is 1. The predicted molar refractivity (Wildman–Crippen MR) is 66.7 cm³/mol. The molecule has 0 spiro atoms. The van der Waals surface area contributed by atoms with Crippen molar-refractivity contribution in [2.24, 2.45) is 0 Å². The van der Waals surface area contributed by atoms with E-state index in [1.165, 1.54) is 6.07 Å². The Balaban J connectivity index is 2.35. The summed E-state index contributed by atoms with van der Waals surface area (Å²) in [5.41, 5.74) is 6.73. The smallest absolute Gasteiger partial charge is 0.153 e. The Bertz CT molecular complexity index is 525. The van der Waals surface area contributed by atoms with Gasteiger partial charge in [-0.05, 0) is 30.2 Å². The summed E-state index contributed by atoms with van der Waals surface area (Å²) in [6.07, 6.45) is 0.853. The summed E-state index contributed by atoms with van der Waals surface area (Å²) in [5.74, 6) is 0.606. The van der Waals surface area contributed by atoms with Crippen LogP contribution in [-0.2, 0) is 6.42 Å². The Morgan fingerprint density at radius 2 is 1.76 bits per heavy atom. The summed E-state index contributed by atoms with van der Waals surface area (Å²) in [6.45, 7) is 2.04. The maximum Gasteiger partial charge on any atom is 0.153 e. The molecule has 88 valence electrons. The Hall–Kier alpha value is -2.03. The van der Waals surface area contributed by atoms with Crippen LogP contribution in [0.5, 0.6) is 11.5 Å². The molecule has 3 heteroatoms. The zero-order valence-corrected chi connectivity index (χ0v) is 9.61. The van der Waals surface area contributed by atoms with Crippen LogP contribution in [0, 0.1) is 5.82 Å². The summed E-state index contributed by atoms with van der Waals surface area (Å²) in [7, 11) is 0. The van der Waals surface area contributed by atoms with E-state index in [2.05, 4.69) is 0 Å². The molecule has 2 N–H and O–H groups in total. The molecule has 2 aromatic carbocycles. The van der Waals surface area contributed by atoms with Gasteiger partial charge in [-0.2, -0.15) is 0 Å². The molecule has 2 nitrogen and oxygen atoms in total. The zero-order chi connectivity index (χ0) is 12.3. The molecule has 0 unspecified atom stereocenters. The van der Waals surface area contributed by atoms with Crippen LogP contribution in [0.1, 0.15) is 12.5 Å². The van der Waals surface area contributed by atoms with Gasteiger partial charge in [0.05, 0.1) is 0 Å². The lowest BCUT2D eigenvalue weighted by molar-refractivity contribution is 0.474. The molecule has 0 aliphatic rings. The van der Waals surface area contributed by atoms with Crippen LogP contribution in [0.2, 0.25) is 0 Å². The third kappa shape index (κ3) is 2.38. The average molecular weight is 231 g/mol. The van der Waals surface area contributed by atoms with Gasteiger partial charge in [-0.25, -0.2) is 4.39 Å². The predicted octanol–water partition coefficient (Wildman–Crippen LogP) is 3.76. The third-order valence-corrected chi connectivity index (χ3v) is 2.59. The first-order valence-electron chi connectivity index (χ1n) is 5.52. The molecule has 0 heterocycles. The van der Waals surface area contributed by atoms with Gasteiger partial charge in [-0.3, -0.25) is 0 Å². The van der Waals surface area contributed by atoms with Crippen molar-refractivity contribution in [1.29, 1.82) is 0 Å². The van der Waals surface area contributed by atoms with E-state index >= 15 is 0 Å². The van der Waals surface area contributed by atoms with Crippen LogP contribution in [0.15, 0.2) is 42.5 Å². The van der Waals surface area contributed by atoms with Crippen molar-refractivity contribution in [3.05, 3.63) is 53.8 Å². The Morgan fingerprint density at radius 3 is 2.53 bits per heavy atom. The van der Waals surface area contributed by atoms with Gasteiger partial charge in [-0.1, -0.05) is 31.2 Å². The number of anilines is 1. The molecular weight excluding hydrogens is 217 g/mol. The van der Waals surface area contributed by atoms with Crippen molar-refractivity contribution in [3.63, 3.8) is 0 Å². The highest BCUT2D eigenvalue weighted by atomic mass is 19.1. The Morgan fingerprint density at radius 1 is 1.06 bits per heavy atom. The standard InChI is InChI=1S/C14H14FNO/c1-2-10-6-3-4-8-12(10)17-13-9-5-7-11(15)14(13)16/h3-9H,2,16H2,1H3. The second kappa shape index (κ2) is 4.87. The van der Waals surface area contributed by atoms with Gasteiger partial charge in [0.1, 0.15) is 17.3 Å². The van der Waals surface area contributed by atoms with Gasteiger partial charge in [0, 0.05) is 0 Å². The largest absolute Gasteiger partial charge is 0.455 e. The van der Waals surface area contributed by atoms with Gasteiger partial charge in [0.25, 0.3) is 0 Å². The number of nitrogen functional groups attached to an aromatic ring is 1. The summed E-state index contributed by atoms with van der Waals surface area (Å²) < 4.78 is 18.9. The van der Waals surface area contributed by atoms with Crippen LogP contribution in [0.3, 0.4) is 0 Å². The van der Waals surface area contributed by atoms with Gasteiger partial charge in [0.2, 0.25) is 0 Å². The maximum atomic E-state index is 13.3. The maximum absolute atomic E-state index is 13.3. The molecule has 17 heavy (non-hydrogen) atoms. The minimum Gasteiger partial charge on any atom is -0.455 e. The number of halogens is 1. The van der Waals surface area contributed by atoms with Crippen molar-refractivity contribution in [2.75, 3.05) is 5.73 Å². The molecule has 0 fully saturated rings. The lowest BCUT2D eigenvalue weighted by Gasteiger charge is -2.11. The summed E-state index contributed by atoms with van der Waals surface area (Å²) >= 11 is 0. The van der Waals surface area contributed by atoms with Gasteiger partial charge < -0.3 is 10.5 Å². The number of nitrogens with two attached hydrogens (primary N) is 1. The lowest BCUT2D eigenvalue weighted by Crippen LogP contribution is -1.96. The molecular formula is C14H14FNO. The topological polar surface area (TPSA) is 35.2 Å². The van der Waals surface area contributed by atoms with E-state index in [1.807, 2.05) is 31.2 Å². The second-order valence-corrected chi connectivity index (χ2v) is 3.71. The monoisotopic (exact) mass is 231 g/mol. The van der Waals surface area contributed by atoms with E-state index in [-0.39, 0.29) is 5.69 Å². The molecule has 0 saturated carbocycles. The molecule has 2 aromatic rings. The highest BCUT2D eigenvalue weighted by molar-refractivity contribution is 5.55. The lowest BCUT2D eigenvalue weighted by atomic mass is 10.1. The van der Waals surface area contributed by atoms with E-state index in [0.29, 0.717) is 11.5 Å². The fourth-order valence-electron chi connectivity index (χ4n) is 1.62. The van der Waals surface area contributed by atoms with E-state index in [4.69, 9.17) is 10.5 Å². The van der Waals surface area contributed by atoms with Crippen LogP contribution in [0.25, 0.3) is 0 Å². The first kappa shape index (κ1) is 11.5. The zero-order valence-electron chi connectivity index (χ0n) is 9.61. The molecule has 0 radical (unpaired) electrons. The molecule has 0 amide bonds. The van der Waals surface area contributed by atoms with Crippen molar-refractivity contribution >= 4 is 5.69 Å². The van der Waals surface area contributed by atoms with E-state index < -0.39 is 5.82 Å². The first-order valence-corrected chi connectivity index (χ1v) is 5.52. The van der Waals surface area contributed by atoms with Gasteiger partial charge in [0.15, 0.2) is 5.75 Å². The molecule has 2 rings (SSSR count). The van der Waals surface area contributed by atoms with Crippen molar-refractivity contribution in [1.82, 2.24) is 0 Å². The van der Waals surface area contributed by atoms with Crippen LogP contribution in [-0.4, -0.2) is 0 Å². The quantitative estimate of drug-likeness (QED) is 0.816. The molecule has 0 bridgehead atoms. The number of hydrogen-bond donors (Lipinski definition) is 1. The minimum absolute atomic E-state index is 0.0402. The fraction of sp³-hybridized carbons (Fsp3) is 0.143. The van der Waals surface area contributed by atoms with Crippen molar-refractivity contribution < 1.29 is 9.13 Å². The fourth-order valence-corrected chi connectivity index (χ4v) is 1.62. The van der Waals surface area contributed by atoms with E-state index in [1.54, 1.807) is 12.1 Å². The summed E-state index contributed by atoms with van der Waals surface area (Å²) in [6, 6.07) is 12.2. The summed E-state index contributed by atoms with van der Waals surface area (Å²) in [4.78, 5) is 0. The van der Waals surface area contributed by atoms with E-state index in [9.17, 15) is 4.39 Å². The number of para-hydroxylation sites is 2. The Labute approximate surface area is 99.8 Å². The SMILES string of the molecule is CCc1ccccc1Oc1cccc(F)c1N. The number of rotatable bonds is 3. The van der Waals surface area contributed by atoms with Gasteiger partial charge >= 0.3 is 0 Å². The number of aryl methyl sites for hydroxylation is 1. The normalized spacial score (nSPS) is 10.2. The van der Waals surface area contributed by atoms with Crippen molar-refractivity contribution in [2.45, 2.75) is 13.3 Å². The van der Waals surface area contributed by atoms with Crippen LogP contribution >= 0.6 is 0 Å². The molecule has 0 aromatic heterocycles. The van der Waals surface area contributed by atoms with Crippen molar-refractivity contribution in [3.8, 4) is 11.5 Å². The molecule has 0 atom stereocenters. The van der Waals surface area contributed by atoms with Crippen LogP contribution < -0.4 is 10.5 Å². The first-order chi connectivity index (χ1) is 8.22. The minimum atomic E-state index is -0.462. The Kier molecular flexibility index (Phi) is 3.28. The highest BCUT2D eigenvalue weighted by Gasteiger charge is 2.08. The average Bonchev–Trinajstić information content (AvgIpc) is 2.35. The molecule has 0 aliphatic carbocycles. The van der Waals surface area contributed by atoms with E-state index in [0.717, 1.165) is 12.0 Å². The summed E-state index contributed by atoms with van der Waals surface area (Å²) in [5, 5.41) is 0. The third-order valence-electron chi connectivity index (χ3n) is 2.59. The highest BCUT2D eigenvalue weighted by Crippen LogP contribution is 2.31. The number of benzene rings is 2. The second-order valence-electron chi connectivity index (χ2n) is 3.71.